The maximum atomic E-state index is 4.38. The van der Waals surface area contributed by atoms with Gasteiger partial charge < -0.3 is 5.32 Å². The monoisotopic (exact) mass is 215 g/mol. The van der Waals surface area contributed by atoms with Crippen molar-refractivity contribution >= 4 is 11.0 Å². The molecule has 0 aliphatic rings. The summed E-state index contributed by atoms with van der Waals surface area (Å²) in [4.78, 5) is 8.68. The topological polar surface area (TPSA) is 37.8 Å². The normalized spacial score (nSPS) is 11.9. The van der Waals surface area contributed by atoms with Crippen molar-refractivity contribution in [1.82, 2.24) is 15.3 Å². The molecule has 0 fully saturated rings. The molecule has 0 amide bonds. The van der Waals surface area contributed by atoms with Gasteiger partial charge >= 0.3 is 0 Å². The molecule has 0 unspecified atom stereocenters. The first-order valence-corrected chi connectivity index (χ1v) is 5.50. The van der Waals surface area contributed by atoms with E-state index in [1.165, 1.54) is 5.56 Å². The fraction of sp³-hybridized carbons (Fsp3) is 0.385. The molecule has 1 aromatic carbocycles. The van der Waals surface area contributed by atoms with E-state index < -0.39 is 0 Å². The van der Waals surface area contributed by atoms with Crippen LogP contribution >= 0.6 is 0 Å². The Morgan fingerprint density at radius 2 is 1.88 bits per heavy atom. The van der Waals surface area contributed by atoms with Crippen LogP contribution in [0.3, 0.4) is 0 Å². The van der Waals surface area contributed by atoms with E-state index in [-0.39, 0.29) is 5.54 Å². The minimum atomic E-state index is 0.115. The number of aromatic nitrogens is 2. The van der Waals surface area contributed by atoms with Gasteiger partial charge in [-0.05, 0) is 32.4 Å². The first-order valence-electron chi connectivity index (χ1n) is 5.50. The third-order valence-electron chi connectivity index (χ3n) is 2.39. The number of hydrogen-bond acceptors (Lipinski definition) is 3. The largest absolute Gasteiger partial charge is 0.308 e. The summed E-state index contributed by atoms with van der Waals surface area (Å²) in [6, 6.07) is 6.11. The van der Waals surface area contributed by atoms with Crippen LogP contribution in [-0.2, 0) is 6.54 Å². The second-order valence-electron chi connectivity index (χ2n) is 4.94. The van der Waals surface area contributed by atoms with E-state index in [2.05, 4.69) is 42.1 Å². The van der Waals surface area contributed by atoms with Crippen LogP contribution in [0, 0.1) is 0 Å². The van der Waals surface area contributed by atoms with Gasteiger partial charge in [0.2, 0.25) is 0 Å². The number of benzene rings is 1. The number of nitrogens with zero attached hydrogens (tertiary/aromatic N) is 2. The zero-order valence-corrected chi connectivity index (χ0v) is 9.99. The lowest BCUT2D eigenvalue weighted by Crippen LogP contribution is -2.35. The van der Waals surface area contributed by atoms with Gasteiger partial charge in [-0.3, -0.25) is 9.97 Å². The van der Waals surface area contributed by atoms with Crippen molar-refractivity contribution < 1.29 is 0 Å². The van der Waals surface area contributed by atoms with Crippen molar-refractivity contribution in [2.75, 3.05) is 0 Å². The van der Waals surface area contributed by atoms with Crippen LogP contribution < -0.4 is 5.32 Å². The fourth-order valence-corrected chi connectivity index (χ4v) is 1.56. The summed E-state index contributed by atoms with van der Waals surface area (Å²) in [5.74, 6) is 0. The Bertz CT molecular complexity index is 480. The lowest BCUT2D eigenvalue weighted by molar-refractivity contribution is 0.425. The Hall–Kier alpha value is -1.48. The lowest BCUT2D eigenvalue weighted by atomic mass is 10.1. The minimum Gasteiger partial charge on any atom is -0.308 e. The van der Waals surface area contributed by atoms with Crippen molar-refractivity contribution in [3.8, 4) is 0 Å². The van der Waals surface area contributed by atoms with Gasteiger partial charge in [-0.25, -0.2) is 0 Å². The van der Waals surface area contributed by atoms with Gasteiger partial charge in [0.1, 0.15) is 0 Å². The van der Waals surface area contributed by atoms with Crippen molar-refractivity contribution in [3.63, 3.8) is 0 Å². The smallest absolute Gasteiger partial charge is 0.0931 e. The fourth-order valence-electron chi connectivity index (χ4n) is 1.56. The maximum Gasteiger partial charge on any atom is 0.0931 e. The summed E-state index contributed by atoms with van der Waals surface area (Å²) in [6.07, 6.45) is 3.46. The molecule has 16 heavy (non-hydrogen) atoms. The average molecular weight is 215 g/mol. The van der Waals surface area contributed by atoms with E-state index >= 15 is 0 Å². The molecule has 2 rings (SSSR count). The molecule has 0 aliphatic carbocycles. The molecule has 1 aromatic heterocycles. The first-order chi connectivity index (χ1) is 7.56. The van der Waals surface area contributed by atoms with Gasteiger partial charge in [0.25, 0.3) is 0 Å². The SMILES string of the molecule is CC(C)(C)NCc1cccc2nccnc12. The third kappa shape index (κ3) is 2.55. The van der Waals surface area contributed by atoms with Gasteiger partial charge in [0.15, 0.2) is 0 Å². The Kier molecular flexibility index (Phi) is 2.88. The second-order valence-corrected chi connectivity index (χ2v) is 4.94. The van der Waals surface area contributed by atoms with Crippen molar-refractivity contribution in [1.29, 1.82) is 0 Å². The number of rotatable bonds is 2. The molecule has 0 radical (unpaired) electrons. The second kappa shape index (κ2) is 4.18. The van der Waals surface area contributed by atoms with E-state index in [0.717, 1.165) is 17.6 Å². The Morgan fingerprint density at radius 3 is 2.62 bits per heavy atom. The highest BCUT2D eigenvalue weighted by Crippen LogP contribution is 2.14. The van der Waals surface area contributed by atoms with Crippen LogP contribution in [0.4, 0.5) is 0 Å². The summed E-state index contributed by atoms with van der Waals surface area (Å²) in [7, 11) is 0. The number of nitrogens with one attached hydrogen (secondary N) is 1. The molecule has 0 saturated heterocycles. The number of para-hydroxylation sites is 1. The van der Waals surface area contributed by atoms with Crippen LogP contribution in [0.25, 0.3) is 11.0 Å². The summed E-state index contributed by atoms with van der Waals surface area (Å²) in [5, 5.41) is 3.46. The Balaban J connectivity index is 2.30. The predicted octanol–water partition coefficient (Wildman–Crippen LogP) is 2.52. The molecule has 0 aliphatic heterocycles. The number of fused-ring (bicyclic) bond motifs is 1. The average Bonchev–Trinajstić information content (AvgIpc) is 2.25. The standard InChI is InChI=1S/C13H17N3/c1-13(2,3)16-9-10-5-4-6-11-12(10)15-8-7-14-11/h4-8,16H,9H2,1-3H3. The van der Waals surface area contributed by atoms with Crippen LogP contribution in [0.15, 0.2) is 30.6 Å². The summed E-state index contributed by atoms with van der Waals surface area (Å²) >= 11 is 0. The van der Waals surface area contributed by atoms with Crippen LogP contribution in [0.2, 0.25) is 0 Å². The van der Waals surface area contributed by atoms with E-state index in [1.54, 1.807) is 12.4 Å². The molecule has 3 nitrogen and oxygen atoms in total. The molecule has 0 saturated carbocycles. The highest BCUT2D eigenvalue weighted by atomic mass is 14.9. The molecule has 0 bridgehead atoms. The Morgan fingerprint density at radius 1 is 1.12 bits per heavy atom. The lowest BCUT2D eigenvalue weighted by Gasteiger charge is -2.20. The highest BCUT2D eigenvalue weighted by molar-refractivity contribution is 5.77. The first kappa shape index (κ1) is 11.0. The van der Waals surface area contributed by atoms with Gasteiger partial charge in [-0.1, -0.05) is 12.1 Å². The van der Waals surface area contributed by atoms with Crippen molar-refractivity contribution in [2.45, 2.75) is 32.9 Å². The van der Waals surface area contributed by atoms with Crippen LogP contribution in [-0.4, -0.2) is 15.5 Å². The molecule has 0 spiro atoms. The third-order valence-corrected chi connectivity index (χ3v) is 2.39. The van der Waals surface area contributed by atoms with E-state index in [0.29, 0.717) is 0 Å². The van der Waals surface area contributed by atoms with Gasteiger partial charge in [-0.2, -0.15) is 0 Å². The van der Waals surface area contributed by atoms with E-state index in [1.807, 2.05) is 12.1 Å². The summed E-state index contributed by atoms with van der Waals surface area (Å²) in [6.45, 7) is 7.29. The number of hydrogen-bond donors (Lipinski definition) is 1. The van der Waals surface area contributed by atoms with Crippen molar-refractivity contribution in [2.24, 2.45) is 0 Å². The van der Waals surface area contributed by atoms with E-state index in [9.17, 15) is 0 Å². The molecule has 0 atom stereocenters. The zero-order chi connectivity index (χ0) is 11.6. The molecule has 3 heteroatoms. The van der Waals surface area contributed by atoms with Gasteiger partial charge in [0, 0.05) is 24.5 Å². The maximum absolute atomic E-state index is 4.38. The van der Waals surface area contributed by atoms with Crippen LogP contribution in [0.5, 0.6) is 0 Å². The minimum absolute atomic E-state index is 0.115. The van der Waals surface area contributed by atoms with Gasteiger partial charge in [0.05, 0.1) is 11.0 Å². The molecule has 84 valence electrons. The quantitative estimate of drug-likeness (QED) is 0.836. The van der Waals surface area contributed by atoms with E-state index in [4.69, 9.17) is 0 Å². The van der Waals surface area contributed by atoms with Gasteiger partial charge in [-0.15, -0.1) is 0 Å². The van der Waals surface area contributed by atoms with Crippen LogP contribution in [0.1, 0.15) is 26.3 Å². The summed E-state index contributed by atoms with van der Waals surface area (Å²) in [5.41, 5.74) is 3.25. The summed E-state index contributed by atoms with van der Waals surface area (Å²) < 4.78 is 0. The molecule has 1 heterocycles. The zero-order valence-electron chi connectivity index (χ0n) is 9.99. The Labute approximate surface area is 95.9 Å². The molecular weight excluding hydrogens is 198 g/mol. The molecule has 2 aromatic rings. The predicted molar refractivity (Wildman–Crippen MR) is 66.1 cm³/mol. The van der Waals surface area contributed by atoms with Crippen molar-refractivity contribution in [3.05, 3.63) is 36.2 Å². The highest BCUT2D eigenvalue weighted by Gasteiger charge is 2.10. The molecular formula is C13H17N3. The molecule has 1 N–H and O–H groups in total.